The Morgan fingerprint density at radius 1 is 1.32 bits per heavy atom. The number of nitrogen functional groups attached to an aromatic ring is 1. The third-order valence-electron chi connectivity index (χ3n) is 2.43. The van der Waals surface area contributed by atoms with Gasteiger partial charge in [-0.05, 0) is 5.92 Å². The average Bonchev–Trinajstić information content (AvgIpc) is 2.39. The molecule has 0 fully saturated rings. The van der Waals surface area contributed by atoms with E-state index < -0.39 is 0 Å². The van der Waals surface area contributed by atoms with Gasteiger partial charge in [-0.1, -0.05) is 20.8 Å². The monoisotopic (exact) mass is 268 g/mol. The van der Waals surface area contributed by atoms with E-state index in [0.29, 0.717) is 48.9 Å². The van der Waals surface area contributed by atoms with Crippen LogP contribution in [0.25, 0.3) is 0 Å². The Bertz CT molecular complexity index is 396. The van der Waals surface area contributed by atoms with Crippen LogP contribution in [0.4, 0.5) is 11.5 Å². The zero-order valence-electron chi connectivity index (χ0n) is 12.2. The summed E-state index contributed by atoms with van der Waals surface area (Å²) in [5, 5.41) is 3.14. The lowest BCUT2D eigenvalue weighted by Crippen LogP contribution is -2.15. The van der Waals surface area contributed by atoms with Crippen molar-refractivity contribution in [1.29, 1.82) is 0 Å². The van der Waals surface area contributed by atoms with E-state index in [1.807, 2.05) is 6.92 Å². The van der Waals surface area contributed by atoms with Gasteiger partial charge in [0.05, 0.1) is 13.2 Å². The number of hydrogen-bond donors (Lipinski definition) is 2. The van der Waals surface area contributed by atoms with Gasteiger partial charge in [0.1, 0.15) is 11.5 Å². The summed E-state index contributed by atoms with van der Waals surface area (Å²) in [5.41, 5.74) is 6.47. The Labute approximate surface area is 114 Å². The van der Waals surface area contributed by atoms with Crippen LogP contribution in [0.1, 0.15) is 26.6 Å². The first-order valence-corrected chi connectivity index (χ1v) is 6.60. The summed E-state index contributed by atoms with van der Waals surface area (Å²) in [6.07, 6.45) is 0.733. The highest BCUT2D eigenvalue weighted by atomic mass is 16.5. The van der Waals surface area contributed by atoms with Gasteiger partial charge in [0.2, 0.25) is 5.88 Å². The molecule has 0 aliphatic rings. The zero-order valence-corrected chi connectivity index (χ0v) is 12.2. The molecule has 0 spiro atoms. The summed E-state index contributed by atoms with van der Waals surface area (Å²) in [6.45, 7) is 7.97. The number of aromatic nitrogens is 2. The van der Waals surface area contributed by atoms with Crippen molar-refractivity contribution in [3.05, 3.63) is 5.82 Å². The number of anilines is 2. The minimum atomic E-state index is 0.421. The molecular formula is C13H24N4O2. The van der Waals surface area contributed by atoms with Crippen molar-refractivity contribution in [3.63, 3.8) is 0 Å². The van der Waals surface area contributed by atoms with Crippen molar-refractivity contribution in [2.75, 3.05) is 37.9 Å². The Hall–Kier alpha value is -1.56. The van der Waals surface area contributed by atoms with Crippen molar-refractivity contribution in [1.82, 2.24) is 9.97 Å². The fraction of sp³-hybridized carbons (Fsp3) is 0.692. The lowest BCUT2D eigenvalue weighted by atomic mass is 10.2. The van der Waals surface area contributed by atoms with Gasteiger partial charge >= 0.3 is 0 Å². The SMILES string of the molecule is CCc1nc(NCCOC)c(N)c(OCC(C)C)n1. The van der Waals surface area contributed by atoms with E-state index in [1.54, 1.807) is 7.11 Å². The molecule has 0 aliphatic heterocycles. The Balaban J connectivity index is 2.86. The van der Waals surface area contributed by atoms with E-state index in [4.69, 9.17) is 15.2 Å². The number of hydrogen-bond acceptors (Lipinski definition) is 6. The first-order valence-electron chi connectivity index (χ1n) is 6.60. The van der Waals surface area contributed by atoms with Gasteiger partial charge in [0.25, 0.3) is 0 Å². The lowest BCUT2D eigenvalue weighted by molar-refractivity contribution is 0.210. The predicted molar refractivity (Wildman–Crippen MR) is 76.5 cm³/mol. The average molecular weight is 268 g/mol. The summed E-state index contributed by atoms with van der Waals surface area (Å²) in [4.78, 5) is 8.69. The Kier molecular flexibility index (Phi) is 6.35. The molecule has 0 saturated carbocycles. The van der Waals surface area contributed by atoms with Crippen LogP contribution in [0.3, 0.4) is 0 Å². The van der Waals surface area contributed by atoms with E-state index >= 15 is 0 Å². The molecule has 108 valence electrons. The summed E-state index contributed by atoms with van der Waals surface area (Å²) >= 11 is 0. The molecule has 0 aliphatic carbocycles. The van der Waals surface area contributed by atoms with Gasteiger partial charge < -0.3 is 20.5 Å². The van der Waals surface area contributed by atoms with Gasteiger partial charge in [-0.3, -0.25) is 0 Å². The zero-order chi connectivity index (χ0) is 14.3. The van der Waals surface area contributed by atoms with E-state index in [1.165, 1.54) is 0 Å². The molecule has 0 bridgehead atoms. The summed E-state index contributed by atoms with van der Waals surface area (Å²) in [7, 11) is 1.65. The molecule has 0 amide bonds. The molecule has 0 unspecified atom stereocenters. The van der Waals surface area contributed by atoms with Crippen LogP contribution in [0, 0.1) is 5.92 Å². The van der Waals surface area contributed by atoms with Crippen molar-refractivity contribution in [2.24, 2.45) is 5.92 Å². The number of nitrogens with zero attached hydrogens (tertiary/aromatic N) is 2. The molecule has 0 saturated heterocycles. The maximum absolute atomic E-state index is 6.02. The van der Waals surface area contributed by atoms with Gasteiger partial charge in [-0.15, -0.1) is 0 Å². The fourth-order valence-corrected chi connectivity index (χ4v) is 1.41. The Morgan fingerprint density at radius 3 is 2.63 bits per heavy atom. The van der Waals surface area contributed by atoms with Crippen LogP contribution in [0.5, 0.6) is 5.88 Å². The molecule has 1 aromatic rings. The molecule has 3 N–H and O–H groups in total. The summed E-state index contributed by atoms with van der Waals surface area (Å²) < 4.78 is 10.6. The number of nitrogens with two attached hydrogens (primary N) is 1. The van der Waals surface area contributed by atoms with Crippen molar-refractivity contribution < 1.29 is 9.47 Å². The highest BCUT2D eigenvalue weighted by Crippen LogP contribution is 2.26. The second-order valence-corrected chi connectivity index (χ2v) is 4.69. The van der Waals surface area contributed by atoms with E-state index in [0.717, 1.165) is 6.42 Å². The van der Waals surface area contributed by atoms with Gasteiger partial charge in [-0.2, -0.15) is 4.98 Å². The molecule has 1 rings (SSSR count). The molecule has 1 heterocycles. The number of nitrogens with one attached hydrogen (secondary N) is 1. The van der Waals surface area contributed by atoms with Crippen LogP contribution >= 0.6 is 0 Å². The largest absolute Gasteiger partial charge is 0.476 e. The van der Waals surface area contributed by atoms with Crippen LogP contribution in [0.15, 0.2) is 0 Å². The second-order valence-electron chi connectivity index (χ2n) is 4.69. The first kappa shape index (κ1) is 15.5. The molecule has 0 aromatic carbocycles. The summed E-state index contributed by atoms with van der Waals surface area (Å²) in [6, 6.07) is 0. The third-order valence-corrected chi connectivity index (χ3v) is 2.43. The Morgan fingerprint density at radius 2 is 2.05 bits per heavy atom. The quantitative estimate of drug-likeness (QED) is 0.698. The third kappa shape index (κ3) is 4.90. The van der Waals surface area contributed by atoms with Gasteiger partial charge in [-0.25, -0.2) is 4.98 Å². The van der Waals surface area contributed by atoms with E-state index in [-0.39, 0.29) is 0 Å². The molecule has 0 atom stereocenters. The summed E-state index contributed by atoms with van der Waals surface area (Å²) in [5.74, 6) is 2.21. The van der Waals surface area contributed by atoms with Crippen LogP contribution in [-0.4, -0.2) is 36.8 Å². The van der Waals surface area contributed by atoms with Gasteiger partial charge in [0, 0.05) is 20.1 Å². The minimum Gasteiger partial charge on any atom is -0.476 e. The van der Waals surface area contributed by atoms with Crippen molar-refractivity contribution in [3.8, 4) is 5.88 Å². The van der Waals surface area contributed by atoms with Crippen molar-refractivity contribution >= 4 is 11.5 Å². The maximum atomic E-state index is 6.02. The molecule has 6 nitrogen and oxygen atoms in total. The number of ether oxygens (including phenoxy) is 2. The molecule has 19 heavy (non-hydrogen) atoms. The van der Waals surface area contributed by atoms with Crippen LogP contribution in [0.2, 0.25) is 0 Å². The van der Waals surface area contributed by atoms with E-state index in [9.17, 15) is 0 Å². The first-order chi connectivity index (χ1) is 9.08. The number of aryl methyl sites for hydroxylation is 1. The molecule has 0 radical (unpaired) electrons. The van der Waals surface area contributed by atoms with Gasteiger partial charge in [0.15, 0.2) is 5.82 Å². The molecule has 6 heteroatoms. The number of rotatable bonds is 8. The highest BCUT2D eigenvalue weighted by Gasteiger charge is 2.12. The fourth-order valence-electron chi connectivity index (χ4n) is 1.41. The standard InChI is InChI=1S/C13H24N4O2/c1-5-10-16-12(15-6-7-18-4)11(14)13(17-10)19-8-9(2)3/h9H,5-8,14H2,1-4H3,(H,15,16,17). The van der Waals surface area contributed by atoms with Crippen LogP contribution < -0.4 is 15.8 Å². The lowest BCUT2D eigenvalue weighted by Gasteiger charge is -2.14. The van der Waals surface area contributed by atoms with E-state index in [2.05, 4.69) is 29.1 Å². The van der Waals surface area contributed by atoms with Crippen molar-refractivity contribution in [2.45, 2.75) is 27.2 Å². The topological polar surface area (TPSA) is 82.3 Å². The minimum absolute atomic E-state index is 0.421. The molecule has 1 aromatic heterocycles. The highest BCUT2D eigenvalue weighted by molar-refractivity contribution is 5.66. The predicted octanol–water partition coefficient (Wildman–Crippen LogP) is 1.71. The number of methoxy groups -OCH3 is 1. The second kappa shape index (κ2) is 7.78. The van der Waals surface area contributed by atoms with Crippen LogP contribution in [-0.2, 0) is 11.2 Å². The maximum Gasteiger partial charge on any atom is 0.242 e. The normalized spacial score (nSPS) is 10.8. The molecular weight excluding hydrogens is 244 g/mol. The smallest absolute Gasteiger partial charge is 0.242 e.